The lowest BCUT2D eigenvalue weighted by molar-refractivity contribution is 1.10. The Morgan fingerprint density at radius 3 is 2.82 bits per heavy atom. The van der Waals surface area contributed by atoms with Crippen LogP contribution in [0.1, 0.15) is 0 Å². The molecular formula is C13H11N3S. The SMILES string of the molecule is Nc1cccc(-c2cc(-c3cccs3)[nH]n2)c1. The van der Waals surface area contributed by atoms with Crippen molar-refractivity contribution < 1.29 is 0 Å². The fourth-order valence-electron chi connectivity index (χ4n) is 1.73. The Labute approximate surface area is 103 Å². The van der Waals surface area contributed by atoms with E-state index in [1.807, 2.05) is 36.4 Å². The molecule has 0 bridgehead atoms. The molecule has 0 spiro atoms. The molecule has 0 atom stereocenters. The highest BCUT2D eigenvalue weighted by molar-refractivity contribution is 7.13. The first-order chi connectivity index (χ1) is 8.33. The van der Waals surface area contributed by atoms with Gasteiger partial charge >= 0.3 is 0 Å². The molecule has 2 heterocycles. The fourth-order valence-corrected chi connectivity index (χ4v) is 2.42. The van der Waals surface area contributed by atoms with Gasteiger partial charge in [0.25, 0.3) is 0 Å². The van der Waals surface area contributed by atoms with Gasteiger partial charge in [0.1, 0.15) is 0 Å². The van der Waals surface area contributed by atoms with E-state index in [-0.39, 0.29) is 0 Å². The Morgan fingerprint density at radius 2 is 2.06 bits per heavy atom. The summed E-state index contributed by atoms with van der Waals surface area (Å²) in [7, 11) is 0. The Morgan fingerprint density at radius 1 is 1.12 bits per heavy atom. The van der Waals surface area contributed by atoms with Crippen molar-refractivity contribution in [3.05, 3.63) is 47.8 Å². The molecule has 84 valence electrons. The molecule has 0 saturated heterocycles. The number of nitrogens with one attached hydrogen (secondary N) is 1. The van der Waals surface area contributed by atoms with Crippen LogP contribution in [0.3, 0.4) is 0 Å². The number of rotatable bonds is 2. The molecule has 0 aliphatic rings. The topological polar surface area (TPSA) is 54.7 Å². The molecule has 4 heteroatoms. The molecule has 0 aliphatic carbocycles. The molecule has 17 heavy (non-hydrogen) atoms. The van der Waals surface area contributed by atoms with E-state index in [9.17, 15) is 0 Å². The number of aromatic nitrogens is 2. The average Bonchev–Trinajstić information content (AvgIpc) is 3.00. The molecule has 0 unspecified atom stereocenters. The smallest absolute Gasteiger partial charge is 0.0928 e. The molecule has 3 nitrogen and oxygen atoms in total. The van der Waals surface area contributed by atoms with E-state index < -0.39 is 0 Å². The van der Waals surface area contributed by atoms with Gasteiger partial charge in [0.05, 0.1) is 16.3 Å². The fraction of sp³-hybridized carbons (Fsp3) is 0. The Hall–Kier alpha value is -2.07. The first kappa shape index (κ1) is 10.1. The number of anilines is 1. The first-order valence-electron chi connectivity index (χ1n) is 5.28. The standard InChI is InChI=1S/C13H11N3S/c14-10-4-1-3-9(7-10)11-8-12(16-15-11)13-5-2-6-17-13/h1-8H,14H2,(H,15,16). The quantitative estimate of drug-likeness (QED) is 0.676. The highest BCUT2D eigenvalue weighted by Crippen LogP contribution is 2.27. The van der Waals surface area contributed by atoms with Gasteiger partial charge in [0.15, 0.2) is 0 Å². The molecule has 0 aliphatic heterocycles. The average molecular weight is 241 g/mol. The third kappa shape index (κ3) is 1.94. The van der Waals surface area contributed by atoms with Gasteiger partial charge in [-0.1, -0.05) is 18.2 Å². The van der Waals surface area contributed by atoms with Crippen LogP contribution in [0, 0.1) is 0 Å². The summed E-state index contributed by atoms with van der Waals surface area (Å²) in [6.45, 7) is 0. The van der Waals surface area contributed by atoms with Crippen LogP contribution < -0.4 is 5.73 Å². The Bertz CT molecular complexity index is 626. The van der Waals surface area contributed by atoms with Crippen molar-refractivity contribution in [3.63, 3.8) is 0 Å². The molecule has 3 rings (SSSR count). The molecule has 0 fully saturated rings. The molecule has 0 saturated carbocycles. The second kappa shape index (κ2) is 4.07. The van der Waals surface area contributed by atoms with E-state index in [4.69, 9.17) is 5.73 Å². The van der Waals surface area contributed by atoms with Gasteiger partial charge < -0.3 is 5.73 Å². The minimum Gasteiger partial charge on any atom is -0.399 e. The van der Waals surface area contributed by atoms with Crippen LogP contribution in [-0.4, -0.2) is 10.2 Å². The highest BCUT2D eigenvalue weighted by Gasteiger charge is 2.06. The van der Waals surface area contributed by atoms with Crippen molar-refractivity contribution in [2.24, 2.45) is 0 Å². The lowest BCUT2D eigenvalue weighted by atomic mass is 10.1. The van der Waals surface area contributed by atoms with Crippen LogP contribution in [0.5, 0.6) is 0 Å². The van der Waals surface area contributed by atoms with Gasteiger partial charge in [-0.15, -0.1) is 11.3 Å². The number of benzene rings is 1. The number of hydrogen-bond acceptors (Lipinski definition) is 3. The van der Waals surface area contributed by atoms with Gasteiger partial charge in [0, 0.05) is 11.3 Å². The van der Waals surface area contributed by atoms with Gasteiger partial charge in [-0.2, -0.15) is 5.10 Å². The van der Waals surface area contributed by atoms with E-state index in [2.05, 4.69) is 21.6 Å². The number of aromatic amines is 1. The summed E-state index contributed by atoms with van der Waals surface area (Å²) in [5.74, 6) is 0. The molecular weight excluding hydrogens is 230 g/mol. The number of nitrogens with zero attached hydrogens (tertiary/aromatic N) is 1. The predicted molar refractivity (Wildman–Crippen MR) is 71.7 cm³/mol. The molecule has 2 aromatic heterocycles. The summed E-state index contributed by atoms with van der Waals surface area (Å²) in [6, 6.07) is 13.9. The second-order valence-electron chi connectivity index (χ2n) is 3.77. The van der Waals surface area contributed by atoms with Crippen molar-refractivity contribution >= 4 is 17.0 Å². The molecule has 3 aromatic rings. The lowest BCUT2D eigenvalue weighted by Gasteiger charge is -1.96. The summed E-state index contributed by atoms with van der Waals surface area (Å²) < 4.78 is 0. The zero-order valence-corrected chi connectivity index (χ0v) is 9.87. The van der Waals surface area contributed by atoms with Crippen LogP contribution in [0.2, 0.25) is 0 Å². The maximum atomic E-state index is 5.76. The number of H-pyrrole nitrogens is 1. The summed E-state index contributed by atoms with van der Waals surface area (Å²) >= 11 is 1.69. The summed E-state index contributed by atoms with van der Waals surface area (Å²) in [5, 5.41) is 9.41. The summed E-state index contributed by atoms with van der Waals surface area (Å²) in [4.78, 5) is 1.19. The van der Waals surface area contributed by atoms with Gasteiger partial charge in [-0.25, -0.2) is 0 Å². The van der Waals surface area contributed by atoms with Crippen molar-refractivity contribution in [1.29, 1.82) is 0 Å². The van der Waals surface area contributed by atoms with Crippen LogP contribution >= 0.6 is 11.3 Å². The minimum atomic E-state index is 0.753. The maximum Gasteiger partial charge on any atom is 0.0928 e. The van der Waals surface area contributed by atoms with Gasteiger partial charge in [0.2, 0.25) is 0 Å². The van der Waals surface area contributed by atoms with Crippen LogP contribution in [0.25, 0.3) is 21.8 Å². The molecule has 1 aromatic carbocycles. The molecule has 0 radical (unpaired) electrons. The third-order valence-electron chi connectivity index (χ3n) is 2.55. The first-order valence-corrected chi connectivity index (χ1v) is 6.16. The van der Waals surface area contributed by atoms with Gasteiger partial charge in [-0.3, -0.25) is 5.10 Å². The van der Waals surface area contributed by atoms with Crippen molar-refractivity contribution in [2.45, 2.75) is 0 Å². The Kier molecular flexibility index (Phi) is 2.42. The molecule has 3 N–H and O–H groups in total. The van der Waals surface area contributed by atoms with E-state index in [0.29, 0.717) is 0 Å². The van der Waals surface area contributed by atoms with E-state index in [0.717, 1.165) is 22.6 Å². The number of thiophene rings is 1. The highest BCUT2D eigenvalue weighted by atomic mass is 32.1. The van der Waals surface area contributed by atoms with E-state index in [1.165, 1.54) is 4.88 Å². The lowest BCUT2D eigenvalue weighted by Crippen LogP contribution is -1.84. The van der Waals surface area contributed by atoms with Crippen LogP contribution in [0.15, 0.2) is 47.8 Å². The van der Waals surface area contributed by atoms with Crippen LogP contribution in [-0.2, 0) is 0 Å². The zero-order chi connectivity index (χ0) is 11.7. The van der Waals surface area contributed by atoms with E-state index >= 15 is 0 Å². The second-order valence-corrected chi connectivity index (χ2v) is 4.72. The van der Waals surface area contributed by atoms with Crippen molar-refractivity contribution in [3.8, 4) is 21.8 Å². The van der Waals surface area contributed by atoms with Crippen molar-refractivity contribution in [2.75, 3.05) is 5.73 Å². The number of hydrogen-bond donors (Lipinski definition) is 2. The van der Waals surface area contributed by atoms with Gasteiger partial charge in [-0.05, 0) is 29.6 Å². The van der Waals surface area contributed by atoms with E-state index in [1.54, 1.807) is 11.3 Å². The van der Waals surface area contributed by atoms with Crippen LogP contribution in [0.4, 0.5) is 5.69 Å². The number of nitrogens with two attached hydrogens (primary N) is 1. The minimum absolute atomic E-state index is 0.753. The molecule has 0 amide bonds. The largest absolute Gasteiger partial charge is 0.399 e. The maximum absolute atomic E-state index is 5.76. The summed E-state index contributed by atoms with van der Waals surface area (Å²) in [5.41, 5.74) is 9.50. The monoisotopic (exact) mass is 241 g/mol. The summed E-state index contributed by atoms with van der Waals surface area (Å²) in [6.07, 6.45) is 0. The van der Waals surface area contributed by atoms with Crippen molar-refractivity contribution in [1.82, 2.24) is 10.2 Å². The number of nitrogen functional groups attached to an aromatic ring is 1. The predicted octanol–water partition coefficient (Wildman–Crippen LogP) is 3.39. The zero-order valence-electron chi connectivity index (χ0n) is 9.05. The Balaban J connectivity index is 2.01. The third-order valence-corrected chi connectivity index (χ3v) is 3.45. The normalized spacial score (nSPS) is 10.6.